The Kier molecular flexibility index (Phi) is 1.97. The van der Waals surface area contributed by atoms with E-state index in [2.05, 4.69) is 39.5 Å². The summed E-state index contributed by atoms with van der Waals surface area (Å²) in [6.07, 6.45) is 4.69. The summed E-state index contributed by atoms with van der Waals surface area (Å²) >= 11 is 0. The molecule has 2 atom stereocenters. The van der Waals surface area contributed by atoms with Crippen molar-refractivity contribution in [3.8, 4) is 0 Å². The van der Waals surface area contributed by atoms with Crippen LogP contribution in [0.4, 0.5) is 5.69 Å². The van der Waals surface area contributed by atoms with E-state index < -0.39 is 0 Å². The van der Waals surface area contributed by atoms with E-state index in [-0.39, 0.29) is 0 Å². The predicted molar refractivity (Wildman–Crippen MR) is 70.5 cm³/mol. The summed E-state index contributed by atoms with van der Waals surface area (Å²) in [5, 5.41) is 4.85. The molecule has 1 aromatic carbocycles. The highest BCUT2D eigenvalue weighted by atomic mass is 15.3. The lowest BCUT2D eigenvalue weighted by Gasteiger charge is -2.37. The molecule has 2 aliphatic rings. The minimum atomic E-state index is 0.699. The number of H-pyrrole nitrogens is 1. The molecular weight excluding hydrogens is 210 g/mol. The third-order valence-electron chi connectivity index (χ3n) is 4.21. The zero-order chi connectivity index (χ0) is 11.2. The Bertz CT molecular complexity index is 529. The number of benzene rings is 1. The summed E-state index contributed by atoms with van der Waals surface area (Å²) in [5.41, 5.74) is 2.63. The number of fused-ring (bicyclic) bond motifs is 3. The van der Waals surface area contributed by atoms with Gasteiger partial charge in [0.05, 0.1) is 0 Å². The number of hydrogen-bond acceptors (Lipinski definition) is 2. The number of piperazine rings is 1. The summed E-state index contributed by atoms with van der Waals surface area (Å²) in [5.74, 6) is 0. The van der Waals surface area contributed by atoms with Gasteiger partial charge in [0, 0.05) is 48.0 Å². The van der Waals surface area contributed by atoms with E-state index in [1.165, 1.54) is 29.4 Å². The third-order valence-corrected chi connectivity index (χ3v) is 4.21. The molecule has 2 N–H and O–H groups in total. The van der Waals surface area contributed by atoms with Crippen molar-refractivity contribution < 1.29 is 0 Å². The monoisotopic (exact) mass is 227 g/mol. The van der Waals surface area contributed by atoms with Gasteiger partial charge < -0.3 is 15.2 Å². The molecule has 2 aromatic rings. The van der Waals surface area contributed by atoms with Gasteiger partial charge in [0.15, 0.2) is 0 Å². The Hall–Kier alpha value is -1.48. The molecule has 3 heterocycles. The van der Waals surface area contributed by atoms with Crippen LogP contribution in [-0.2, 0) is 0 Å². The van der Waals surface area contributed by atoms with Gasteiger partial charge in [-0.3, -0.25) is 0 Å². The number of anilines is 1. The Labute approximate surface area is 101 Å². The van der Waals surface area contributed by atoms with Crippen LogP contribution < -0.4 is 10.2 Å². The molecule has 0 amide bonds. The molecule has 2 fully saturated rings. The summed E-state index contributed by atoms with van der Waals surface area (Å²) < 4.78 is 0. The second kappa shape index (κ2) is 3.50. The number of rotatable bonds is 1. The Morgan fingerprint density at radius 2 is 1.88 bits per heavy atom. The van der Waals surface area contributed by atoms with E-state index in [0.717, 1.165) is 13.1 Å². The van der Waals surface area contributed by atoms with Crippen LogP contribution in [-0.4, -0.2) is 30.2 Å². The maximum atomic E-state index is 3.53. The second-order valence-corrected chi connectivity index (χ2v) is 5.20. The van der Waals surface area contributed by atoms with E-state index >= 15 is 0 Å². The summed E-state index contributed by atoms with van der Waals surface area (Å²) in [7, 11) is 0. The normalized spacial score (nSPS) is 27.9. The summed E-state index contributed by atoms with van der Waals surface area (Å²) in [4.78, 5) is 5.88. The van der Waals surface area contributed by atoms with Crippen LogP contribution in [0.15, 0.2) is 30.5 Å². The van der Waals surface area contributed by atoms with Gasteiger partial charge in [-0.2, -0.15) is 0 Å². The number of hydrogen-bond donors (Lipinski definition) is 2. The van der Waals surface area contributed by atoms with Gasteiger partial charge in [-0.15, -0.1) is 0 Å². The van der Waals surface area contributed by atoms with Crippen LogP contribution in [0.3, 0.4) is 0 Å². The fraction of sp³-hybridized carbons (Fsp3) is 0.429. The molecule has 1 aromatic heterocycles. The Morgan fingerprint density at radius 3 is 2.71 bits per heavy atom. The molecule has 3 nitrogen and oxygen atoms in total. The zero-order valence-electron chi connectivity index (χ0n) is 9.82. The zero-order valence-corrected chi connectivity index (χ0v) is 9.82. The molecule has 17 heavy (non-hydrogen) atoms. The van der Waals surface area contributed by atoms with Crippen LogP contribution in [0.25, 0.3) is 10.9 Å². The van der Waals surface area contributed by atoms with E-state index in [9.17, 15) is 0 Å². The molecular formula is C14H17N3. The maximum absolute atomic E-state index is 3.53. The predicted octanol–water partition coefficient (Wildman–Crippen LogP) is 2.11. The molecule has 0 saturated carbocycles. The van der Waals surface area contributed by atoms with Crippen LogP contribution in [0.1, 0.15) is 12.8 Å². The van der Waals surface area contributed by atoms with Gasteiger partial charge in [-0.25, -0.2) is 0 Å². The van der Waals surface area contributed by atoms with Gasteiger partial charge in [0.2, 0.25) is 0 Å². The lowest BCUT2D eigenvalue weighted by molar-refractivity contribution is 0.485. The quantitative estimate of drug-likeness (QED) is 0.781. The van der Waals surface area contributed by atoms with Crippen molar-refractivity contribution in [1.29, 1.82) is 0 Å². The standard InChI is InChI=1S/C14H17N3/c1-2-13-9-15-8-12(1)17(13)11-3-4-14-10(7-11)5-6-16-14/h3-7,12-13,15-16H,1-2,8-9H2/t12-,13-/m1/s1. The van der Waals surface area contributed by atoms with Crippen LogP contribution >= 0.6 is 0 Å². The first-order chi connectivity index (χ1) is 8.42. The minimum absolute atomic E-state index is 0.699. The summed E-state index contributed by atoms with van der Waals surface area (Å²) in [6.45, 7) is 2.28. The van der Waals surface area contributed by atoms with Gasteiger partial charge >= 0.3 is 0 Å². The van der Waals surface area contributed by atoms with Crippen LogP contribution in [0.2, 0.25) is 0 Å². The van der Waals surface area contributed by atoms with Crippen molar-refractivity contribution in [2.24, 2.45) is 0 Å². The topological polar surface area (TPSA) is 31.1 Å². The highest BCUT2D eigenvalue weighted by Gasteiger charge is 2.36. The van der Waals surface area contributed by atoms with Crippen LogP contribution in [0.5, 0.6) is 0 Å². The molecule has 0 aliphatic carbocycles. The van der Waals surface area contributed by atoms with E-state index in [1.54, 1.807) is 0 Å². The average Bonchev–Trinajstić information content (AvgIpc) is 2.91. The number of aromatic amines is 1. The van der Waals surface area contributed by atoms with Crippen molar-refractivity contribution in [2.75, 3.05) is 18.0 Å². The van der Waals surface area contributed by atoms with Crippen molar-refractivity contribution >= 4 is 16.6 Å². The van der Waals surface area contributed by atoms with Gasteiger partial charge in [-0.1, -0.05) is 0 Å². The van der Waals surface area contributed by atoms with Crippen molar-refractivity contribution in [2.45, 2.75) is 24.9 Å². The largest absolute Gasteiger partial charge is 0.363 e. The second-order valence-electron chi connectivity index (χ2n) is 5.20. The number of aromatic nitrogens is 1. The van der Waals surface area contributed by atoms with Crippen molar-refractivity contribution in [3.63, 3.8) is 0 Å². The van der Waals surface area contributed by atoms with E-state index in [1.807, 2.05) is 6.20 Å². The lowest BCUT2D eigenvalue weighted by atomic mass is 10.1. The molecule has 2 saturated heterocycles. The number of nitrogens with one attached hydrogen (secondary N) is 2. The summed E-state index contributed by atoms with van der Waals surface area (Å²) in [6, 6.07) is 10.3. The lowest BCUT2D eigenvalue weighted by Crippen LogP contribution is -2.51. The number of nitrogens with zero attached hydrogens (tertiary/aromatic N) is 1. The highest BCUT2D eigenvalue weighted by molar-refractivity contribution is 5.83. The third kappa shape index (κ3) is 1.39. The molecule has 0 radical (unpaired) electrons. The molecule has 0 spiro atoms. The molecule has 88 valence electrons. The fourth-order valence-electron chi connectivity index (χ4n) is 3.40. The SMILES string of the molecule is c1cc2cc(N3[C@@H]4CC[C@@H]3CNC4)ccc2[nH]1. The van der Waals surface area contributed by atoms with Crippen molar-refractivity contribution in [3.05, 3.63) is 30.5 Å². The average molecular weight is 227 g/mol. The molecule has 4 rings (SSSR count). The minimum Gasteiger partial charge on any atom is -0.363 e. The first kappa shape index (κ1) is 9.54. The van der Waals surface area contributed by atoms with Gasteiger partial charge in [-0.05, 0) is 37.1 Å². The maximum Gasteiger partial charge on any atom is 0.0455 e. The first-order valence-corrected chi connectivity index (χ1v) is 6.48. The first-order valence-electron chi connectivity index (χ1n) is 6.48. The molecule has 0 unspecified atom stereocenters. The molecule has 2 aliphatic heterocycles. The van der Waals surface area contributed by atoms with Crippen molar-refractivity contribution in [1.82, 2.24) is 10.3 Å². The van der Waals surface area contributed by atoms with E-state index in [0.29, 0.717) is 12.1 Å². The van der Waals surface area contributed by atoms with E-state index in [4.69, 9.17) is 0 Å². The van der Waals surface area contributed by atoms with Gasteiger partial charge in [0.25, 0.3) is 0 Å². The highest BCUT2D eigenvalue weighted by Crippen LogP contribution is 2.33. The fourth-order valence-corrected chi connectivity index (χ4v) is 3.40. The molecule has 2 bridgehead atoms. The van der Waals surface area contributed by atoms with Crippen LogP contribution in [0, 0.1) is 0 Å². The smallest absolute Gasteiger partial charge is 0.0455 e. The molecule has 3 heteroatoms. The Balaban J connectivity index is 1.78. The van der Waals surface area contributed by atoms with Gasteiger partial charge in [0.1, 0.15) is 0 Å². The Morgan fingerprint density at radius 1 is 1.06 bits per heavy atom.